The number of methoxy groups -OCH3 is 1. The normalized spacial score (nSPS) is 10.7. The lowest BCUT2D eigenvalue weighted by Gasteiger charge is -2.07. The highest BCUT2D eigenvalue weighted by Gasteiger charge is 2.13. The maximum atomic E-state index is 12.2. The van der Waals surface area contributed by atoms with Crippen LogP contribution in [-0.4, -0.2) is 22.9 Å². The second kappa shape index (κ2) is 9.09. The van der Waals surface area contributed by atoms with Crippen molar-refractivity contribution in [2.75, 3.05) is 7.11 Å². The molecule has 6 nitrogen and oxygen atoms in total. The number of carbonyl (C=O) groups excluding carboxylic acids is 1. The van der Waals surface area contributed by atoms with Gasteiger partial charge in [-0.25, -0.2) is 9.48 Å². The van der Waals surface area contributed by atoms with Crippen LogP contribution in [0.25, 0.3) is 6.08 Å². The average molecular weight is 408 g/mol. The third-order valence-electron chi connectivity index (χ3n) is 4.17. The summed E-state index contributed by atoms with van der Waals surface area (Å²) in [6, 6.07) is 16.4. The number of aryl methyl sites for hydroxylation is 1. The molecule has 0 bridgehead atoms. The summed E-state index contributed by atoms with van der Waals surface area (Å²) in [6.45, 7) is 2.35. The van der Waals surface area contributed by atoms with Crippen LogP contribution in [0.5, 0.6) is 11.5 Å². The van der Waals surface area contributed by atoms with Gasteiger partial charge in [0.2, 0.25) is 0 Å². The fourth-order valence-corrected chi connectivity index (χ4v) is 3.03. The van der Waals surface area contributed by atoms with E-state index in [1.807, 2.05) is 43.3 Å². The van der Waals surface area contributed by atoms with Gasteiger partial charge in [-0.2, -0.15) is 10.4 Å². The van der Waals surface area contributed by atoms with Crippen molar-refractivity contribution < 1.29 is 14.3 Å². The molecule has 1 heterocycles. The van der Waals surface area contributed by atoms with Crippen molar-refractivity contribution in [1.29, 1.82) is 5.26 Å². The number of hydrogen-bond donors (Lipinski definition) is 0. The molecule has 0 radical (unpaired) electrons. The summed E-state index contributed by atoms with van der Waals surface area (Å²) >= 11 is 6.45. The van der Waals surface area contributed by atoms with E-state index in [-0.39, 0.29) is 5.75 Å². The Morgan fingerprint density at radius 2 is 2.00 bits per heavy atom. The molecule has 0 aliphatic rings. The van der Waals surface area contributed by atoms with Crippen molar-refractivity contribution in [3.8, 4) is 17.6 Å². The van der Waals surface area contributed by atoms with Crippen LogP contribution < -0.4 is 9.47 Å². The summed E-state index contributed by atoms with van der Waals surface area (Å²) in [6.07, 6.45) is 2.85. The lowest BCUT2D eigenvalue weighted by atomic mass is 10.2. The standard InChI is InChI=1S/C22H18ClN3O3/c1-15-18(22(23)26(25-15)14-16-6-4-3-5-7-16)9-11-21(27)29-19-10-8-17(13-24)12-20(19)28-2/h3-12H,14H2,1-2H3/b11-9+. The summed E-state index contributed by atoms with van der Waals surface area (Å²) in [7, 11) is 1.44. The molecule has 0 saturated heterocycles. The molecule has 0 amide bonds. The van der Waals surface area contributed by atoms with Crippen LogP contribution in [0.4, 0.5) is 0 Å². The van der Waals surface area contributed by atoms with Gasteiger partial charge in [0.25, 0.3) is 0 Å². The van der Waals surface area contributed by atoms with E-state index in [0.29, 0.717) is 34.3 Å². The third kappa shape index (κ3) is 4.84. The number of nitrogens with zero attached hydrogens (tertiary/aromatic N) is 3. The third-order valence-corrected chi connectivity index (χ3v) is 4.57. The topological polar surface area (TPSA) is 77.1 Å². The lowest BCUT2D eigenvalue weighted by molar-refractivity contribution is -0.129. The van der Waals surface area contributed by atoms with Gasteiger partial charge in [-0.15, -0.1) is 0 Å². The van der Waals surface area contributed by atoms with Gasteiger partial charge < -0.3 is 9.47 Å². The van der Waals surface area contributed by atoms with E-state index in [9.17, 15) is 4.79 Å². The minimum Gasteiger partial charge on any atom is -0.493 e. The van der Waals surface area contributed by atoms with Gasteiger partial charge in [0.1, 0.15) is 5.15 Å². The van der Waals surface area contributed by atoms with Gasteiger partial charge in [-0.1, -0.05) is 41.9 Å². The zero-order valence-corrected chi connectivity index (χ0v) is 16.7. The van der Waals surface area contributed by atoms with Crippen LogP contribution in [0, 0.1) is 18.3 Å². The second-order valence-corrected chi connectivity index (χ2v) is 6.52. The number of benzene rings is 2. The van der Waals surface area contributed by atoms with E-state index < -0.39 is 5.97 Å². The molecule has 3 rings (SSSR count). The summed E-state index contributed by atoms with van der Waals surface area (Å²) < 4.78 is 12.2. The molecule has 7 heteroatoms. The Kier molecular flexibility index (Phi) is 6.32. The summed E-state index contributed by atoms with van der Waals surface area (Å²) in [5.41, 5.74) is 2.82. The average Bonchev–Trinajstić information content (AvgIpc) is 3.00. The molecule has 2 aromatic carbocycles. The highest BCUT2D eigenvalue weighted by molar-refractivity contribution is 6.31. The molecule has 0 atom stereocenters. The fourth-order valence-electron chi connectivity index (χ4n) is 2.73. The number of hydrogen-bond acceptors (Lipinski definition) is 5. The van der Waals surface area contributed by atoms with E-state index >= 15 is 0 Å². The zero-order valence-electron chi connectivity index (χ0n) is 15.9. The number of carbonyl (C=O) groups is 1. The SMILES string of the molecule is COc1cc(C#N)ccc1OC(=O)/C=C/c1c(C)nn(Cc2ccccc2)c1Cl. The number of ether oxygens (including phenoxy) is 2. The molecule has 0 spiro atoms. The van der Waals surface area contributed by atoms with Crippen molar-refractivity contribution >= 4 is 23.6 Å². The molecular weight excluding hydrogens is 390 g/mol. The smallest absolute Gasteiger partial charge is 0.336 e. The maximum Gasteiger partial charge on any atom is 0.336 e. The Bertz CT molecular complexity index is 1100. The van der Waals surface area contributed by atoms with E-state index in [2.05, 4.69) is 5.10 Å². The highest BCUT2D eigenvalue weighted by atomic mass is 35.5. The van der Waals surface area contributed by atoms with E-state index in [0.717, 1.165) is 5.56 Å². The molecule has 0 saturated carbocycles. The number of rotatable bonds is 6. The Labute approximate surface area is 173 Å². The first kappa shape index (κ1) is 20.2. The molecule has 0 unspecified atom stereocenters. The maximum absolute atomic E-state index is 12.2. The molecule has 29 heavy (non-hydrogen) atoms. The van der Waals surface area contributed by atoms with Crippen molar-refractivity contribution in [2.24, 2.45) is 0 Å². The van der Waals surface area contributed by atoms with E-state index in [1.165, 1.54) is 25.3 Å². The number of halogens is 1. The predicted octanol–water partition coefficient (Wildman–Crippen LogP) is 4.39. The predicted molar refractivity (Wildman–Crippen MR) is 110 cm³/mol. The van der Waals surface area contributed by atoms with Crippen LogP contribution in [0.2, 0.25) is 5.15 Å². The summed E-state index contributed by atoms with van der Waals surface area (Å²) in [5, 5.41) is 13.8. The molecule has 0 fully saturated rings. The van der Waals surface area contributed by atoms with Gasteiger partial charge in [0.05, 0.1) is 31.0 Å². The zero-order chi connectivity index (χ0) is 20.8. The molecule has 0 aliphatic carbocycles. The first-order valence-corrected chi connectivity index (χ1v) is 9.14. The van der Waals surface area contributed by atoms with Crippen molar-refractivity contribution in [1.82, 2.24) is 9.78 Å². The fraction of sp³-hybridized carbons (Fsp3) is 0.136. The summed E-state index contributed by atoms with van der Waals surface area (Å²) in [5.74, 6) is -0.0706. The minimum absolute atomic E-state index is 0.226. The van der Waals surface area contributed by atoms with E-state index in [4.69, 9.17) is 26.3 Å². The number of esters is 1. The van der Waals surface area contributed by atoms with Crippen LogP contribution >= 0.6 is 11.6 Å². The van der Waals surface area contributed by atoms with Crippen molar-refractivity contribution in [3.63, 3.8) is 0 Å². The van der Waals surface area contributed by atoms with Crippen molar-refractivity contribution in [3.05, 3.63) is 82.1 Å². The van der Waals surface area contributed by atoms with E-state index in [1.54, 1.807) is 16.8 Å². The van der Waals surface area contributed by atoms with Crippen LogP contribution in [0.3, 0.4) is 0 Å². The molecule has 1 aromatic heterocycles. The highest BCUT2D eigenvalue weighted by Crippen LogP contribution is 2.28. The molecular formula is C22H18ClN3O3. The van der Waals surface area contributed by atoms with Gasteiger partial charge in [-0.05, 0) is 30.7 Å². The van der Waals surface area contributed by atoms with Crippen molar-refractivity contribution in [2.45, 2.75) is 13.5 Å². The molecule has 146 valence electrons. The van der Waals surface area contributed by atoms with Crippen LogP contribution in [-0.2, 0) is 11.3 Å². The monoisotopic (exact) mass is 407 g/mol. The Morgan fingerprint density at radius 1 is 1.24 bits per heavy atom. The molecule has 0 N–H and O–H groups in total. The number of aromatic nitrogens is 2. The largest absolute Gasteiger partial charge is 0.493 e. The lowest BCUT2D eigenvalue weighted by Crippen LogP contribution is -2.05. The second-order valence-electron chi connectivity index (χ2n) is 6.17. The van der Waals surface area contributed by atoms with Gasteiger partial charge in [0.15, 0.2) is 11.5 Å². The van der Waals surface area contributed by atoms with Crippen LogP contribution in [0.15, 0.2) is 54.6 Å². The molecule has 0 aliphatic heterocycles. The molecule has 3 aromatic rings. The number of nitriles is 1. The first-order chi connectivity index (χ1) is 14.0. The first-order valence-electron chi connectivity index (χ1n) is 8.76. The Morgan fingerprint density at radius 3 is 2.69 bits per heavy atom. The summed E-state index contributed by atoms with van der Waals surface area (Å²) in [4.78, 5) is 12.2. The van der Waals surface area contributed by atoms with Gasteiger partial charge in [-0.3, -0.25) is 0 Å². The van der Waals surface area contributed by atoms with Gasteiger partial charge >= 0.3 is 5.97 Å². The quantitative estimate of drug-likeness (QED) is 0.344. The Hall–Kier alpha value is -3.56. The van der Waals surface area contributed by atoms with Crippen LogP contribution in [0.1, 0.15) is 22.4 Å². The van der Waals surface area contributed by atoms with Gasteiger partial charge in [0, 0.05) is 17.7 Å². The Balaban J connectivity index is 1.75. The minimum atomic E-state index is -0.598.